The summed E-state index contributed by atoms with van der Waals surface area (Å²) in [6.07, 6.45) is 0. The van der Waals surface area contributed by atoms with Crippen LogP contribution in [-0.2, 0) is 11.3 Å². The van der Waals surface area contributed by atoms with Crippen LogP contribution in [-0.4, -0.2) is 22.0 Å². The van der Waals surface area contributed by atoms with E-state index < -0.39 is 0 Å². The molecule has 0 unspecified atom stereocenters. The standard InChI is InChI=1S/C12H16N4O/c1-3-14-10(17)7-16-11-8(2)5-4-6-9(11)15-12(16)13/h4-6H,3,7H2,1-2H3,(H2,13,15)(H,14,17). The number of anilines is 1. The van der Waals surface area contributed by atoms with Gasteiger partial charge in [0.1, 0.15) is 6.54 Å². The van der Waals surface area contributed by atoms with E-state index in [1.807, 2.05) is 32.0 Å². The first-order valence-electron chi connectivity index (χ1n) is 5.61. The van der Waals surface area contributed by atoms with E-state index in [9.17, 15) is 4.79 Å². The fourth-order valence-electron chi connectivity index (χ4n) is 1.94. The topological polar surface area (TPSA) is 72.9 Å². The first-order chi connectivity index (χ1) is 8.13. The number of carbonyl (C=O) groups is 1. The number of amides is 1. The molecule has 0 aliphatic heterocycles. The highest BCUT2D eigenvalue weighted by Crippen LogP contribution is 2.20. The predicted molar refractivity (Wildman–Crippen MR) is 67.6 cm³/mol. The number of nitrogen functional groups attached to an aromatic ring is 1. The molecule has 3 N–H and O–H groups in total. The molecule has 0 bridgehead atoms. The summed E-state index contributed by atoms with van der Waals surface area (Å²) in [6, 6.07) is 5.81. The molecule has 0 spiro atoms. The van der Waals surface area contributed by atoms with Gasteiger partial charge in [0, 0.05) is 6.54 Å². The summed E-state index contributed by atoms with van der Waals surface area (Å²) in [6.45, 7) is 4.70. The van der Waals surface area contributed by atoms with Gasteiger partial charge in [0.2, 0.25) is 11.9 Å². The van der Waals surface area contributed by atoms with Crippen molar-refractivity contribution in [1.29, 1.82) is 0 Å². The van der Waals surface area contributed by atoms with Crippen molar-refractivity contribution in [2.75, 3.05) is 12.3 Å². The molecule has 1 heterocycles. The van der Waals surface area contributed by atoms with Crippen molar-refractivity contribution in [3.63, 3.8) is 0 Å². The van der Waals surface area contributed by atoms with Crippen LogP contribution in [0.2, 0.25) is 0 Å². The Labute approximate surface area is 99.6 Å². The van der Waals surface area contributed by atoms with Gasteiger partial charge in [0.05, 0.1) is 11.0 Å². The lowest BCUT2D eigenvalue weighted by molar-refractivity contribution is -0.121. The van der Waals surface area contributed by atoms with Gasteiger partial charge in [-0.3, -0.25) is 4.79 Å². The summed E-state index contributed by atoms with van der Waals surface area (Å²) in [5.74, 6) is 0.322. The smallest absolute Gasteiger partial charge is 0.240 e. The van der Waals surface area contributed by atoms with Crippen LogP contribution in [0.5, 0.6) is 0 Å². The quantitative estimate of drug-likeness (QED) is 0.831. The van der Waals surface area contributed by atoms with Crippen LogP contribution in [0.25, 0.3) is 11.0 Å². The zero-order valence-electron chi connectivity index (χ0n) is 10.0. The fraction of sp³-hybridized carbons (Fsp3) is 0.333. The summed E-state index contributed by atoms with van der Waals surface area (Å²) >= 11 is 0. The van der Waals surface area contributed by atoms with Gasteiger partial charge in [-0.2, -0.15) is 0 Å². The third-order valence-corrected chi connectivity index (χ3v) is 2.67. The van der Waals surface area contributed by atoms with Crippen molar-refractivity contribution in [1.82, 2.24) is 14.9 Å². The lowest BCUT2D eigenvalue weighted by Gasteiger charge is -2.07. The van der Waals surface area contributed by atoms with Crippen molar-refractivity contribution in [3.8, 4) is 0 Å². The number of nitrogens with one attached hydrogen (secondary N) is 1. The summed E-state index contributed by atoms with van der Waals surface area (Å²) in [5, 5.41) is 2.75. The maximum Gasteiger partial charge on any atom is 0.240 e. The van der Waals surface area contributed by atoms with Crippen LogP contribution in [0.3, 0.4) is 0 Å². The zero-order valence-corrected chi connectivity index (χ0v) is 10.0. The number of likely N-dealkylation sites (N-methyl/N-ethyl adjacent to an activating group) is 1. The Kier molecular flexibility index (Phi) is 2.99. The molecule has 17 heavy (non-hydrogen) atoms. The second kappa shape index (κ2) is 4.45. The van der Waals surface area contributed by atoms with Crippen LogP contribution in [0, 0.1) is 6.92 Å². The van der Waals surface area contributed by atoms with Gasteiger partial charge >= 0.3 is 0 Å². The number of para-hydroxylation sites is 1. The zero-order chi connectivity index (χ0) is 12.4. The highest BCUT2D eigenvalue weighted by molar-refractivity contribution is 5.84. The maximum atomic E-state index is 11.6. The third-order valence-electron chi connectivity index (χ3n) is 2.67. The van der Waals surface area contributed by atoms with E-state index in [2.05, 4.69) is 10.3 Å². The number of rotatable bonds is 3. The molecule has 5 heteroatoms. The number of nitrogens with zero attached hydrogens (tertiary/aromatic N) is 2. The molecule has 0 atom stereocenters. The molecule has 5 nitrogen and oxygen atoms in total. The number of hydrogen-bond acceptors (Lipinski definition) is 3. The molecule has 0 saturated carbocycles. The number of aryl methyl sites for hydroxylation is 1. The van der Waals surface area contributed by atoms with E-state index in [0.29, 0.717) is 12.5 Å². The number of benzene rings is 1. The minimum absolute atomic E-state index is 0.0539. The van der Waals surface area contributed by atoms with Crippen molar-refractivity contribution in [3.05, 3.63) is 23.8 Å². The first kappa shape index (κ1) is 11.4. The molecule has 0 radical (unpaired) electrons. The molecule has 90 valence electrons. The Morgan fingerprint density at radius 2 is 2.29 bits per heavy atom. The van der Waals surface area contributed by atoms with Crippen LogP contribution in [0.1, 0.15) is 12.5 Å². The molecular weight excluding hydrogens is 216 g/mol. The van der Waals surface area contributed by atoms with E-state index in [1.165, 1.54) is 0 Å². The van der Waals surface area contributed by atoms with Crippen molar-refractivity contribution in [2.24, 2.45) is 0 Å². The lowest BCUT2D eigenvalue weighted by atomic mass is 10.2. The molecule has 0 aliphatic carbocycles. The second-order valence-corrected chi connectivity index (χ2v) is 3.95. The fourth-order valence-corrected chi connectivity index (χ4v) is 1.94. The van der Waals surface area contributed by atoms with Crippen LogP contribution in [0.15, 0.2) is 18.2 Å². The summed E-state index contributed by atoms with van der Waals surface area (Å²) in [4.78, 5) is 15.9. The lowest BCUT2D eigenvalue weighted by Crippen LogP contribution is -2.27. The maximum absolute atomic E-state index is 11.6. The molecule has 2 rings (SSSR count). The van der Waals surface area contributed by atoms with Gasteiger partial charge in [0.25, 0.3) is 0 Å². The summed E-state index contributed by atoms with van der Waals surface area (Å²) in [5.41, 5.74) is 8.66. The van der Waals surface area contributed by atoms with Crippen molar-refractivity contribution >= 4 is 22.9 Å². The summed E-state index contributed by atoms with van der Waals surface area (Å²) < 4.78 is 1.75. The van der Waals surface area contributed by atoms with Gasteiger partial charge in [-0.05, 0) is 25.5 Å². The Morgan fingerprint density at radius 1 is 1.53 bits per heavy atom. The SMILES string of the molecule is CCNC(=O)Cn1c(N)nc2cccc(C)c21. The van der Waals surface area contributed by atoms with Crippen molar-refractivity contribution < 1.29 is 4.79 Å². The molecule has 0 fully saturated rings. The number of aromatic nitrogens is 2. The summed E-state index contributed by atoms with van der Waals surface area (Å²) in [7, 11) is 0. The Bertz CT molecular complexity index is 559. The molecule has 0 saturated heterocycles. The molecule has 1 aromatic heterocycles. The van der Waals surface area contributed by atoms with Gasteiger partial charge in [-0.25, -0.2) is 4.98 Å². The monoisotopic (exact) mass is 232 g/mol. The highest BCUT2D eigenvalue weighted by Gasteiger charge is 2.12. The third kappa shape index (κ3) is 2.08. The molecule has 1 amide bonds. The Morgan fingerprint density at radius 3 is 3.00 bits per heavy atom. The van der Waals surface area contributed by atoms with Crippen LogP contribution < -0.4 is 11.1 Å². The highest BCUT2D eigenvalue weighted by atomic mass is 16.1. The van der Waals surface area contributed by atoms with E-state index in [4.69, 9.17) is 5.73 Å². The number of hydrogen-bond donors (Lipinski definition) is 2. The largest absolute Gasteiger partial charge is 0.369 e. The van der Waals surface area contributed by atoms with Crippen LogP contribution >= 0.6 is 0 Å². The van der Waals surface area contributed by atoms with Crippen LogP contribution in [0.4, 0.5) is 5.95 Å². The minimum Gasteiger partial charge on any atom is -0.369 e. The number of nitrogens with two attached hydrogens (primary N) is 1. The van der Waals surface area contributed by atoms with Gasteiger partial charge in [-0.1, -0.05) is 12.1 Å². The average Bonchev–Trinajstić information content (AvgIpc) is 2.57. The second-order valence-electron chi connectivity index (χ2n) is 3.95. The molecular formula is C12H16N4O. The number of fused-ring (bicyclic) bond motifs is 1. The molecule has 1 aromatic carbocycles. The number of imidazole rings is 1. The normalized spacial score (nSPS) is 10.7. The predicted octanol–water partition coefficient (Wildman–Crippen LogP) is 1.06. The number of carbonyl (C=O) groups excluding carboxylic acids is 1. The van der Waals surface area contributed by atoms with Gasteiger partial charge in [0.15, 0.2) is 0 Å². The molecule has 2 aromatic rings. The Hall–Kier alpha value is -2.04. The minimum atomic E-state index is -0.0539. The van der Waals surface area contributed by atoms with Gasteiger partial charge in [-0.15, -0.1) is 0 Å². The Balaban J connectivity index is 2.45. The van der Waals surface area contributed by atoms with E-state index in [-0.39, 0.29) is 12.5 Å². The first-order valence-corrected chi connectivity index (χ1v) is 5.61. The van der Waals surface area contributed by atoms with E-state index >= 15 is 0 Å². The van der Waals surface area contributed by atoms with Gasteiger partial charge < -0.3 is 15.6 Å². The van der Waals surface area contributed by atoms with E-state index in [0.717, 1.165) is 16.6 Å². The average molecular weight is 232 g/mol. The van der Waals surface area contributed by atoms with Crippen molar-refractivity contribution in [2.45, 2.75) is 20.4 Å². The van der Waals surface area contributed by atoms with E-state index in [1.54, 1.807) is 4.57 Å². The molecule has 0 aliphatic rings.